The summed E-state index contributed by atoms with van der Waals surface area (Å²) in [5, 5.41) is 1.12. The normalized spacial score (nSPS) is 16.0. The molecule has 0 radical (unpaired) electrons. The van der Waals surface area contributed by atoms with E-state index < -0.39 is 0 Å². The maximum absolute atomic E-state index is 14.5. The van der Waals surface area contributed by atoms with Gasteiger partial charge in [0.25, 0.3) is 5.56 Å². The van der Waals surface area contributed by atoms with Crippen LogP contribution in [0.15, 0.2) is 106 Å². The molecular formula is C38H31N3O2S. The Kier molecular flexibility index (Phi) is 6.27. The Hall–Kier alpha value is -4.94. The third kappa shape index (κ3) is 4.20. The van der Waals surface area contributed by atoms with Crippen LogP contribution in [0.25, 0.3) is 33.9 Å². The Morgan fingerprint density at radius 2 is 1.73 bits per heavy atom. The van der Waals surface area contributed by atoms with Crippen molar-refractivity contribution in [3.63, 3.8) is 0 Å². The van der Waals surface area contributed by atoms with Gasteiger partial charge < -0.3 is 9.72 Å². The van der Waals surface area contributed by atoms with E-state index in [-0.39, 0.29) is 11.6 Å². The van der Waals surface area contributed by atoms with Crippen molar-refractivity contribution in [2.24, 2.45) is 4.99 Å². The van der Waals surface area contributed by atoms with Crippen molar-refractivity contribution in [1.82, 2.24) is 9.55 Å². The van der Waals surface area contributed by atoms with Gasteiger partial charge in [-0.3, -0.25) is 9.36 Å². The molecule has 44 heavy (non-hydrogen) atoms. The van der Waals surface area contributed by atoms with E-state index in [1.165, 1.54) is 39.2 Å². The zero-order valence-electron chi connectivity index (χ0n) is 24.8. The number of aromatic nitrogens is 2. The standard InChI is InChI=1S/C38H31N3O2S/c1-22-19-23(2)33-30(20-22)31(34(39-33)25-10-5-4-6-11-25)21-32-37(42)41-36(26-13-16-27(43-3)17-14-26)29-18-15-24-9-7-8-12-28(24)35(29)40-38(41)44-32/h4-14,16-17,19-21,36,39H,15,18H2,1-3H3/b32-21+/t36-/m0/s1. The van der Waals surface area contributed by atoms with Crippen LogP contribution in [-0.2, 0) is 6.42 Å². The van der Waals surface area contributed by atoms with Gasteiger partial charge in [0.15, 0.2) is 4.80 Å². The number of nitrogens with one attached hydrogen (secondary N) is 1. The Morgan fingerprint density at radius 3 is 2.52 bits per heavy atom. The van der Waals surface area contributed by atoms with E-state index in [0.717, 1.165) is 62.4 Å². The van der Waals surface area contributed by atoms with Crippen LogP contribution in [0.4, 0.5) is 0 Å². The average Bonchev–Trinajstić information content (AvgIpc) is 3.57. The molecule has 216 valence electrons. The molecule has 8 rings (SSSR count). The molecule has 0 saturated carbocycles. The van der Waals surface area contributed by atoms with E-state index in [1.54, 1.807) is 7.11 Å². The van der Waals surface area contributed by atoms with Crippen molar-refractivity contribution >= 4 is 34.0 Å². The van der Waals surface area contributed by atoms with Gasteiger partial charge in [0.05, 0.1) is 29.1 Å². The lowest BCUT2D eigenvalue weighted by molar-refractivity contribution is 0.414. The zero-order valence-corrected chi connectivity index (χ0v) is 25.7. The van der Waals surface area contributed by atoms with Gasteiger partial charge in [-0.25, -0.2) is 4.99 Å². The Labute approximate surface area is 259 Å². The first-order valence-electron chi connectivity index (χ1n) is 15.0. The molecule has 1 atom stereocenters. The summed E-state index contributed by atoms with van der Waals surface area (Å²) in [7, 11) is 1.67. The van der Waals surface area contributed by atoms with E-state index >= 15 is 0 Å². The molecule has 0 amide bonds. The fraction of sp³-hybridized carbons (Fsp3) is 0.158. The fourth-order valence-corrected chi connectivity index (χ4v) is 7.88. The number of allylic oxidation sites excluding steroid dienone is 1. The molecule has 2 aliphatic rings. The second-order valence-corrected chi connectivity index (χ2v) is 12.7. The molecule has 0 spiro atoms. The van der Waals surface area contributed by atoms with Crippen molar-refractivity contribution < 1.29 is 4.74 Å². The molecule has 1 aliphatic heterocycles. The maximum atomic E-state index is 14.5. The number of ether oxygens (including phenoxy) is 1. The number of rotatable bonds is 4. The van der Waals surface area contributed by atoms with E-state index in [9.17, 15) is 4.79 Å². The van der Waals surface area contributed by atoms with Gasteiger partial charge in [-0.1, -0.05) is 89.7 Å². The van der Waals surface area contributed by atoms with Gasteiger partial charge in [-0.15, -0.1) is 0 Å². The van der Waals surface area contributed by atoms with E-state index in [2.05, 4.69) is 85.6 Å². The molecule has 6 heteroatoms. The van der Waals surface area contributed by atoms with Crippen molar-refractivity contribution in [3.05, 3.63) is 150 Å². The number of fused-ring (bicyclic) bond motifs is 4. The maximum Gasteiger partial charge on any atom is 0.271 e. The second-order valence-electron chi connectivity index (χ2n) is 11.7. The zero-order chi connectivity index (χ0) is 29.9. The summed E-state index contributed by atoms with van der Waals surface area (Å²) >= 11 is 1.47. The Balaban J connectivity index is 1.40. The molecule has 0 saturated heterocycles. The van der Waals surface area contributed by atoms with Crippen LogP contribution >= 0.6 is 11.3 Å². The number of thiazole rings is 1. The van der Waals surface area contributed by atoms with Crippen LogP contribution in [0.3, 0.4) is 0 Å². The first-order valence-corrected chi connectivity index (χ1v) is 15.8. The predicted molar refractivity (Wildman–Crippen MR) is 179 cm³/mol. The molecule has 5 nitrogen and oxygen atoms in total. The smallest absolute Gasteiger partial charge is 0.271 e. The summed E-state index contributed by atoms with van der Waals surface area (Å²) in [5.41, 5.74) is 12.3. The van der Waals surface area contributed by atoms with Crippen LogP contribution in [0.1, 0.15) is 45.8 Å². The van der Waals surface area contributed by atoms with E-state index in [0.29, 0.717) is 4.53 Å². The minimum absolute atomic E-state index is 0.0160. The second kappa shape index (κ2) is 10.4. The number of aryl methyl sites for hydroxylation is 3. The highest BCUT2D eigenvalue weighted by Crippen LogP contribution is 2.41. The predicted octanol–water partition coefficient (Wildman–Crippen LogP) is 7.09. The highest BCUT2D eigenvalue weighted by Gasteiger charge is 2.32. The van der Waals surface area contributed by atoms with Crippen molar-refractivity contribution in [2.75, 3.05) is 7.11 Å². The highest BCUT2D eigenvalue weighted by molar-refractivity contribution is 7.07. The molecule has 6 aromatic rings. The molecule has 0 bridgehead atoms. The molecular weight excluding hydrogens is 563 g/mol. The molecule has 2 aromatic heterocycles. The van der Waals surface area contributed by atoms with E-state index in [4.69, 9.17) is 9.73 Å². The molecule has 3 heterocycles. The highest BCUT2D eigenvalue weighted by atomic mass is 32.1. The lowest BCUT2D eigenvalue weighted by Gasteiger charge is -2.30. The Morgan fingerprint density at radius 1 is 0.955 bits per heavy atom. The number of nitrogens with zero attached hydrogens (tertiary/aromatic N) is 2. The largest absolute Gasteiger partial charge is 0.497 e. The summed E-state index contributed by atoms with van der Waals surface area (Å²) in [6.07, 6.45) is 3.86. The summed E-state index contributed by atoms with van der Waals surface area (Å²) < 4.78 is 8.05. The number of aromatic amines is 1. The number of hydrogen-bond acceptors (Lipinski definition) is 4. The van der Waals surface area contributed by atoms with Gasteiger partial charge in [0.2, 0.25) is 0 Å². The van der Waals surface area contributed by atoms with Crippen LogP contribution in [0, 0.1) is 13.8 Å². The lowest BCUT2D eigenvalue weighted by atomic mass is 9.83. The van der Waals surface area contributed by atoms with Crippen molar-refractivity contribution in [1.29, 1.82) is 0 Å². The number of H-pyrrole nitrogens is 1. The van der Waals surface area contributed by atoms with Crippen LogP contribution in [0.2, 0.25) is 0 Å². The monoisotopic (exact) mass is 593 g/mol. The summed E-state index contributed by atoms with van der Waals surface area (Å²) in [5.74, 6) is 0.794. The quantitative estimate of drug-likeness (QED) is 0.237. The summed E-state index contributed by atoms with van der Waals surface area (Å²) in [4.78, 5) is 24.1. The van der Waals surface area contributed by atoms with E-state index in [1.807, 2.05) is 34.9 Å². The van der Waals surface area contributed by atoms with Crippen molar-refractivity contribution in [3.8, 4) is 17.0 Å². The number of methoxy groups -OCH3 is 1. The van der Waals surface area contributed by atoms with Gasteiger partial charge in [-0.05, 0) is 78.8 Å². The van der Waals surface area contributed by atoms with Gasteiger partial charge in [0, 0.05) is 22.0 Å². The molecule has 4 aromatic carbocycles. The number of benzene rings is 4. The topological polar surface area (TPSA) is 59.4 Å². The molecule has 0 fully saturated rings. The minimum Gasteiger partial charge on any atom is -0.497 e. The molecule has 0 unspecified atom stereocenters. The minimum atomic E-state index is -0.233. The van der Waals surface area contributed by atoms with Gasteiger partial charge in [0.1, 0.15) is 5.75 Å². The first kappa shape index (κ1) is 26.7. The molecule has 1 aliphatic carbocycles. The fourth-order valence-electron chi connectivity index (χ4n) is 6.90. The van der Waals surface area contributed by atoms with Gasteiger partial charge >= 0.3 is 0 Å². The third-order valence-corrected chi connectivity index (χ3v) is 9.91. The summed E-state index contributed by atoms with van der Waals surface area (Å²) in [6.45, 7) is 4.26. The summed E-state index contributed by atoms with van der Waals surface area (Å²) in [6, 6.07) is 31.2. The van der Waals surface area contributed by atoms with Crippen LogP contribution in [-0.4, -0.2) is 16.7 Å². The third-order valence-electron chi connectivity index (χ3n) is 8.93. The Bertz CT molecular complexity index is 2300. The molecule has 1 N–H and O–H groups in total. The van der Waals surface area contributed by atoms with Crippen LogP contribution in [0.5, 0.6) is 5.75 Å². The SMILES string of the molecule is COc1ccc([C@H]2C3=C(N=c4s/c(=C/c5c(-c6ccccc6)[nH]c6c(C)cc(C)cc56)c(=O)n42)c2ccccc2CC3)cc1. The van der Waals surface area contributed by atoms with Gasteiger partial charge in [-0.2, -0.15) is 0 Å². The first-order chi connectivity index (χ1) is 21.5. The average molecular weight is 594 g/mol. The number of hydrogen-bond donors (Lipinski definition) is 1. The lowest BCUT2D eigenvalue weighted by Crippen LogP contribution is -2.38. The van der Waals surface area contributed by atoms with Crippen LogP contribution < -0.4 is 19.6 Å². The van der Waals surface area contributed by atoms with Crippen molar-refractivity contribution in [2.45, 2.75) is 32.7 Å².